The van der Waals surface area contributed by atoms with E-state index >= 15 is 0 Å². The van der Waals surface area contributed by atoms with E-state index in [9.17, 15) is 0 Å². The van der Waals surface area contributed by atoms with Crippen LogP contribution >= 0.6 is 0 Å². The van der Waals surface area contributed by atoms with Gasteiger partial charge in [0.2, 0.25) is 5.95 Å². The van der Waals surface area contributed by atoms with Gasteiger partial charge in [0.1, 0.15) is 0 Å². The lowest BCUT2D eigenvalue weighted by atomic mass is 9.82. The topological polar surface area (TPSA) is 43.6 Å². The number of hydrogen-bond donors (Lipinski definition) is 0. The molecule has 208 valence electrons. The molecule has 4 heteroatoms. The summed E-state index contributed by atoms with van der Waals surface area (Å²) in [4.78, 5) is 15.1. The van der Waals surface area contributed by atoms with E-state index in [0.717, 1.165) is 22.2 Å². The first kappa shape index (κ1) is 24.9. The Bertz CT molecular complexity index is 2350. The third-order valence-corrected chi connectivity index (χ3v) is 9.24. The summed E-state index contributed by atoms with van der Waals surface area (Å²) in [5.41, 5.74) is 9.42. The van der Waals surface area contributed by atoms with Crippen LogP contribution in [0.25, 0.3) is 72.4 Å². The number of para-hydroxylation sites is 1. The molecule has 4 nitrogen and oxygen atoms in total. The minimum absolute atomic E-state index is 0.0460. The molecule has 0 N–H and O–H groups in total. The quantitative estimate of drug-likeness (QED) is 0.215. The van der Waals surface area contributed by atoms with Crippen LogP contribution < -0.4 is 0 Å². The van der Waals surface area contributed by atoms with Crippen LogP contribution in [0.4, 0.5) is 0 Å². The van der Waals surface area contributed by atoms with Gasteiger partial charge in [0, 0.05) is 27.3 Å². The number of nitrogens with zero attached hydrogens (tertiary/aromatic N) is 4. The standard InChI is InChI=1S/C40H28N4/c1-40(2)32-19-11-9-17-28(32)31-24-30-27(23-33(31)40)21-22-35-36(30)29-18-10-12-20-34(29)44(35)39-42-37(25-13-5-3-6-14-25)41-38(43-39)26-15-7-4-8-16-26/h3-24H,1-2H3. The Morgan fingerprint density at radius 3 is 1.86 bits per heavy atom. The Labute approximate surface area is 255 Å². The lowest BCUT2D eigenvalue weighted by Gasteiger charge is -2.21. The molecule has 0 unspecified atom stereocenters. The van der Waals surface area contributed by atoms with E-state index in [-0.39, 0.29) is 5.41 Å². The summed E-state index contributed by atoms with van der Waals surface area (Å²) in [5, 5.41) is 4.88. The van der Waals surface area contributed by atoms with Crippen LogP contribution in [0.2, 0.25) is 0 Å². The van der Waals surface area contributed by atoms with Crippen LogP contribution in [0.5, 0.6) is 0 Å². The number of fused-ring (bicyclic) bond motifs is 8. The number of benzene rings is 6. The van der Waals surface area contributed by atoms with Gasteiger partial charge in [-0.3, -0.25) is 4.57 Å². The number of rotatable bonds is 3. The lowest BCUT2D eigenvalue weighted by molar-refractivity contribution is 0.661. The summed E-state index contributed by atoms with van der Waals surface area (Å²) in [7, 11) is 0. The molecule has 0 bridgehead atoms. The summed E-state index contributed by atoms with van der Waals surface area (Å²) in [6.45, 7) is 4.67. The molecular formula is C40H28N4. The molecule has 0 saturated carbocycles. The summed E-state index contributed by atoms with van der Waals surface area (Å²) in [6, 6.07) is 47.0. The van der Waals surface area contributed by atoms with E-state index in [4.69, 9.17) is 15.0 Å². The second kappa shape index (κ2) is 9.19. The molecule has 0 aliphatic heterocycles. The van der Waals surface area contributed by atoms with Crippen molar-refractivity contribution in [1.82, 2.24) is 19.5 Å². The molecule has 0 fully saturated rings. The minimum Gasteiger partial charge on any atom is -0.278 e. The van der Waals surface area contributed by atoms with Crippen molar-refractivity contribution < 1.29 is 0 Å². The average molecular weight is 565 g/mol. The van der Waals surface area contributed by atoms with Crippen molar-refractivity contribution in [3.63, 3.8) is 0 Å². The molecule has 2 heterocycles. The average Bonchev–Trinajstić information content (AvgIpc) is 3.53. The van der Waals surface area contributed by atoms with Crippen LogP contribution in [0.15, 0.2) is 133 Å². The summed E-state index contributed by atoms with van der Waals surface area (Å²) < 4.78 is 2.20. The van der Waals surface area contributed by atoms with Crippen molar-refractivity contribution in [2.24, 2.45) is 0 Å². The molecule has 6 aromatic carbocycles. The summed E-state index contributed by atoms with van der Waals surface area (Å²) >= 11 is 0. The highest BCUT2D eigenvalue weighted by atomic mass is 15.2. The first-order valence-corrected chi connectivity index (χ1v) is 15.1. The van der Waals surface area contributed by atoms with Gasteiger partial charge < -0.3 is 0 Å². The molecule has 0 amide bonds. The second-order valence-electron chi connectivity index (χ2n) is 12.1. The van der Waals surface area contributed by atoms with Crippen molar-refractivity contribution in [2.75, 3.05) is 0 Å². The first-order valence-electron chi connectivity index (χ1n) is 15.1. The predicted molar refractivity (Wildman–Crippen MR) is 180 cm³/mol. The van der Waals surface area contributed by atoms with Gasteiger partial charge in [0.05, 0.1) is 11.0 Å². The predicted octanol–water partition coefficient (Wildman–Crippen LogP) is 9.76. The Hall–Kier alpha value is -5.61. The minimum atomic E-state index is -0.0460. The van der Waals surface area contributed by atoms with Gasteiger partial charge >= 0.3 is 0 Å². The Kier molecular flexibility index (Phi) is 5.21. The van der Waals surface area contributed by atoms with Gasteiger partial charge in [0.15, 0.2) is 11.6 Å². The number of hydrogen-bond acceptors (Lipinski definition) is 3. The molecule has 1 aliphatic carbocycles. The smallest absolute Gasteiger partial charge is 0.238 e. The van der Waals surface area contributed by atoms with Gasteiger partial charge in [-0.25, -0.2) is 4.98 Å². The molecule has 0 atom stereocenters. The maximum atomic E-state index is 5.10. The van der Waals surface area contributed by atoms with Crippen molar-refractivity contribution >= 4 is 32.6 Å². The maximum Gasteiger partial charge on any atom is 0.238 e. The Balaban J connectivity index is 1.37. The highest BCUT2D eigenvalue weighted by Crippen LogP contribution is 2.50. The number of aromatic nitrogens is 4. The van der Waals surface area contributed by atoms with Gasteiger partial charge in [-0.15, -0.1) is 0 Å². The zero-order valence-electron chi connectivity index (χ0n) is 24.5. The van der Waals surface area contributed by atoms with Crippen LogP contribution in [-0.2, 0) is 5.41 Å². The van der Waals surface area contributed by atoms with E-state index in [0.29, 0.717) is 17.6 Å². The molecule has 0 radical (unpaired) electrons. The molecule has 9 rings (SSSR count). The summed E-state index contributed by atoms with van der Waals surface area (Å²) in [6.07, 6.45) is 0. The monoisotopic (exact) mass is 564 g/mol. The molecule has 44 heavy (non-hydrogen) atoms. The molecule has 0 spiro atoms. The largest absolute Gasteiger partial charge is 0.278 e. The van der Waals surface area contributed by atoms with Crippen molar-refractivity contribution in [1.29, 1.82) is 0 Å². The van der Waals surface area contributed by atoms with E-state index in [1.807, 2.05) is 60.7 Å². The molecular weight excluding hydrogens is 536 g/mol. The fourth-order valence-corrected chi connectivity index (χ4v) is 7.10. The van der Waals surface area contributed by atoms with E-state index in [1.165, 1.54) is 43.8 Å². The normalized spacial score (nSPS) is 13.4. The third kappa shape index (κ3) is 3.54. The fraction of sp³-hybridized carbons (Fsp3) is 0.0750. The van der Waals surface area contributed by atoms with Crippen LogP contribution in [0, 0.1) is 0 Å². The van der Waals surface area contributed by atoms with Gasteiger partial charge in [0.25, 0.3) is 0 Å². The first-order chi connectivity index (χ1) is 21.6. The highest BCUT2D eigenvalue weighted by molar-refractivity contribution is 6.22. The third-order valence-electron chi connectivity index (χ3n) is 9.24. The Morgan fingerprint density at radius 2 is 1.14 bits per heavy atom. The van der Waals surface area contributed by atoms with Crippen molar-refractivity contribution in [2.45, 2.75) is 19.3 Å². The van der Waals surface area contributed by atoms with Gasteiger partial charge in [-0.2, -0.15) is 9.97 Å². The SMILES string of the molecule is CC1(C)c2ccccc2-c2cc3c(ccc4c3c3ccccc3n4-c3nc(-c4ccccc4)nc(-c4ccccc4)n3)cc21. The second-order valence-corrected chi connectivity index (χ2v) is 12.1. The van der Waals surface area contributed by atoms with Crippen LogP contribution in [0.1, 0.15) is 25.0 Å². The summed E-state index contributed by atoms with van der Waals surface area (Å²) in [5.74, 6) is 1.91. The van der Waals surface area contributed by atoms with Crippen LogP contribution in [-0.4, -0.2) is 19.5 Å². The van der Waals surface area contributed by atoms with Gasteiger partial charge in [-0.1, -0.05) is 123 Å². The van der Waals surface area contributed by atoms with E-state index in [2.05, 4.69) is 91.2 Å². The molecule has 8 aromatic rings. The highest BCUT2D eigenvalue weighted by Gasteiger charge is 2.35. The van der Waals surface area contributed by atoms with Gasteiger partial charge in [-0.05, 0) is 57.3 Å². The molecule has 2 aromatic heterocycles. The van der Waals surface area contributed by atoms with Crippen molar-refractivity contribution in [3.05, 3.63) is 145 Å². The zero-order chi connectivity index (χ0) is 29.4. The fourth-order valence-electron chi connectivity index (χ4n) is 7.10. The van der Waals surface area contributed by atoms with Crippen molar-refractivity contribution in [3.8, 4) is 39.9 Å². The zero-order valence-corrected chi connectivity index (χ0v) is 24.5. The lowest BCUT2D eigenvalue weighted by Crippen LogP contribution is -2.14. The van der Waals surface area contributed by atoms with E-state index < -0.39 is 0 Å². The Morgan fingerprint density at radius 1 is 0.500 bits per heavy atom. The maximum absolute atomic E-state index is 5.10. The molecule has 1 aliphatic rings. The molecule has 0 saturated heterocycles. The van der Waals surface area contributed by atoms with Crippen LogP contribution in [0.3, 0.4) is 0 Å². The van der Waals surface area contributed by atoms with E-state index in [1.54, 1.807) is 0 Å².